The number of hydrogen-bond acceptors (Lipinski definition) is 9. The largest absolute Gasteiger partial charge is 0.480 e. The monoisotopic (exact) mass is 776 g/mol. The zero-order valence-corrected chi connectivity index (χ0v) is 34.5. The highest BCUT2D eigenvalue weighted by Crippen LogP contribution is 2.43. The van der Waals surface area contributed by atoms with Crippen molar-refractivity contribution in [3.63, 3.8) is 0 Å². The molecular weight excluding hydrogens is 697 g/mol. The Hall–Kier alpha value is -1.78. The summed E-state index contributed by atoms with van der Waals surface area (Å²) in [6.07, 6.45) is 35.6. The lowest BCUT2D eigenvalue weighted by Gasteiger charge is -2.20. The summed E-state index contributed by atoms with van der Waals surface area (Å²) in [5.41, 5.74) is 5.33. The van der Waals surface area contributed by atoms with Gasteiger partial charge in [0.2, 0.25) is 0 Å². The topological polar surface area (TPSA) is 172 Å². The second-order valence-corrected chi connectivity index (χ2v) is 15.9. The number of carboxylic acids is 1. The van der Waals surface area contributed by atoms with Crippen LogP contribution in [0.4, 0.5) is 0 Å². The molecule has 0 saturated carbocycles. The summed E-state index contributed by atoms with van der Waals surface area (Å²) in [5.74, 6) is -2.38. The molecule has 3 atom stereocenters. The van der Waals surface area contributed by atoms with Crippen LogP contribution < -0.4 is 5.73 Å². The minimum Gasteiger partial charge on any atom is -0.480 e. The summed E-state index contributed by atoms with van der Waals surface area (Å²) in [6.45, 7) is 2.80. The number of hydrogen-bond donors (Lipinski definition) is 3. The third-order valence-corrected chi connectivity index (χ3v) is 10.2. The standard InChI is InChI=1S/C41H78NO10P/c1-3-5-7-9-11-13-15-17-18-19-21-23-25-27-29-31-33-40(44)52-37(35-50-53(47,48)51-36-38(42)41(45)46)34-49-39(43)32-30-28-26-24-22-20-16-14-12-10-8-6-4-2/h18-19,37-38H,3-17,20-36,42H2,1-2H3,(H,45,46)(H,47,48)/b19-18-. The third kappa shape index (κ3) is 36.9. The number of allylic oxidation sites excluding steroid dienone is 2. The van der Waals surface area contributed by atoms with E-state index in [1.54, 1.807) is 0 Å². The Morgan fingerprint density at radius 2 is 0.943 bits per heavy atom. The fourth-order valence-electron chi connectivity index (χ4n) is 5.88. The van der Waals surface area contributed by atoms with Crippen molar-refractivity contribution >= 4 is 25.7 Å². The Labute approximate surface area is 322 Å². The molecule has 0 bridgehead atoms. The Morgan fingerprint density at radius 1 is 0.566 bits per heavy atom. The van der Waals surface area contributed by atoms with Gasteiger partial charge < -0.3 is 25.2 Å². The third-order valence-electron chi connectivity index (χ3n) is 9.26. The summed E-state index contributed by atoms with van der Waals surface area (Å²) in [4.78, 5) is 45.9. The number of phosphoric acid groups is 1. The first kappa shape index (κ1) is 51.2. The van der Waals surface area contributed by atoms with E-state index < -0.39 is 51.1 Å². The maximum absolute atomic E-state index is 12.6. The molecule has 0 aromatic rings. The number of aliphatic carboxylic acids is 1. The lowest BCUT2D eigenvalue weighted by atomic mass is 10.0. The van der Waals surface area contributed by atoms with Crippen LogP contribution in [0.1, 0.15) is 200 Å². The Bertz CT molecular complexity index is 963. The van der Waals surface area contributed by atoms with Crippen molar-refractivity contribution in [3.8, 4) is 0 Å². The van der Waals surface area contributed by atoms with Gasteiger partial charge in [0.1, 0.15) is 12.6 Å². The Kier molecular flexibility index (Phi) is 35.9. The molecule has 0 spiro atoms. The van der Waals surface area contributed by atoms with Gasteiger partial charge in [0.25, 0.3) is 0 Å². The maximum Gasteiger partial charge on any atom is 0.472 e. The first-order chi connectivity index (χ1) is 25.6. The normalized spacial score (nSPS) is 13.9. The van der Waals surface area contributed by atoms with Crippen molar-refractivity contribution in [2.75, 3.05) is 19.8 Å². The smallest absolute Gasteiger partial charge is 0.472 e. The number of unbranched alkanes of at least 4 members (excludes halogenated alkanes) is 24. The van der Waals surface area contributed by atoms with Crippen LogP contribution in [-0.2, 0) is 37.5 Å². The number of nitrogens with two attached hydrogens (primary N) is 1. The zero-order valence-electron chi connectivity index (χ0n) is 33.6. The highest BCUT2D eigenvalue weighted by molar-refractivity contribution is 7.47. The summed E-state index contributed by atoms with van der Waals surface area (Å²) in [5, 5.41) is 8.87. The molecule has 0 saturated heterocycles. The lowest BCUT2D eigenvalue weighted by Crippen LogP contribution is -2.34. The van der Waals surface area contributed by atoms with Gasteiger partial charge in [-0.05, 0) is 38.5 Å². The van der Waals surface area contributed by atoms with E-state index in [0.717, 1.165) is 57.8 Å². The molecule has 312 valence electrons. The first-order valence-corrected chi connectivity index (χ1v) is 22.7. The van der Waals surface area contributed by atoms with E-state index in [0.29, 0.717) is 12.8 Å². The van der Waals surface area contributed by atoms with Crippen LogP contribution in [0.3, 0.4) is 0 Å². The van der Waals surface area contributed by atoms with E-state index in [4.69, 9.17) is 24.8 Å². The fourth-order valence-corrected chi connectivity index (χ4v) is 6.66. The Morgan fingerprint density at radius 3 is 1.38 bits per heavy atom. The number of esters is 2. The number of carbonyl (C=O) groups is 3. The summed E-state index contributed by atoms with van der Waals surface area (Å²) >= 11 is 0. The average Bonchev–Trinajstić information content (AvgIpc) is 3.13. The van der Waals surface area contributed by atoms with Crippen molar-refractivity contribution in [1.29, 1.82) is 0 Å². The van der Waals surface area contributed by atoms with Gasteiger partial charge in [-0.15, -0.1) is 0 Å². The van der Waals surface area contributed by atoms with Gasteiger partial charge in [0, 0.05) is 12.8 Å². The maximum atomic E-state index is 12.6. The van der Waals surface area contributed by atoms with Gasteiger partial charge in [0.15, 0.2) is 6.10 Å². The van der Waals surface area contributed by atoms with E-state index in [2.05, 4.69) is 30.5 Å². The van der Waals surface area contributed by atoms with Gasteiger partial charge in [-0.25, -0.2) is 4.57 Å². The molecular formula is C41H78NO10P. The van der Waals surface area contributed by atoms with Crippen molar-refractivity contribution in [3.05, 3.63) is 12.2 Å². The second-order valence-electron chi connectivity index (χ2n) is 14.5. The molecule has 0 aliphatic heterocycles. The minimum absolute atomic E-state index is 0.155. The molecule has 11 nitrogen and oxygen atoms in total. The van der Waals surface area contributed by atoms with Crippen LogP contribution in [0.5, 0.6) is 0 Å². The lowest BCUT2D eigenvalue weighted by molar-refractivity contribution is -0.161. The summed E-state index contributed by atoms with van der Waals surface area (Å²) < 4.78 is 32.6. The van der Waals surface area contributed by atoms with Gasteiger partial charge in [-0.2, -0.15) is 0 Å². The molecule has 0 heterocycles. The zero-order chi connectivity index (χ0) is 39.3. The van der Waals surface area contributed by atoms with Crippen LogP contribution >= 0.6 is 7.82 Å². The average molecular weight is 776 g/mol. The number of ether oxygens (including phenoxy) is 2. The molecule has 12 heteroatoms. The molecule has 0 aliphatic carbocycles. The van der Waals surface area contributed by atoms with E-state index in [1.807, 2.05) is 0 Å². The summed E-state index contributed by atoms with van der Waals surface area (Å²) in [7, 11) is -4.71. The molecule has 0 aliphatic rings. The predicted octanol–water partition coefficient (Wildman–Crippen LogP) is 10.9. The molecule has 0 rings (SSSR count). The fraction of sp³-hybridized carbons (Fsp3) is 0.878. The van der Waals surface area contributed by atoms with Crippen molar-refractivity contribution < 1.29 is 47.5 Å². The van der Waals surface area contributed by atoms with Crippen LogP contribution in [0, 0.1) is 0 Å². The number of phosphoric ester groups is 1. The molecule has 4 N–H and O–H groups in total. The molecule has 0 aromatic carbocycles. The van der Waals surface area contributed by atoms with E-state index in [9.17, 15) is 23.8 Å². The minimum atomic E-state index is -4.71. The van der Waals surface area contributed by atoms with Crippen molar-refractivity contribution in [2.24, 2.45) is 5.73 Å². The quantitative estimate of drug-likeness (QED) is 0.0234. The van der Waals surface area contributed by atoms with Gasteiger partial charge in [0.05, 0.1) is 13.2 Å². The second kappa shape index (κ2) is 37.2. The highest BCUT2D eigenvalue weighted by Gasteiger charge is 2.28. The summed E-state index contributed by atoms with van der Waals surface area (Å²) in [6, 6.07) is -1.52. The molecule has 0 fully saturated rings. The van der Waals surface area contributed by atoms with Crippen LogP contribution in [0.15, 0.2) is 12.2 Å². The van der Waals surface area contributed by atoms with E-state index >= 15 is 0 Å². The van der Waals surface area contributed by atoms with E-state index in [1.165, 1.54) is 103 Å². The Balaban J connectivity index is 4.37. The van der Waals surface area contributed by atoms with Crippen molar-refractivity contribution in [2.45, 2.75) is 212 Å². The van der Waals surface area contributed by atoms with Crippen molar-refractivity contribution in [1.82, 2.24) is 0 Å². The molecule has 3 unspecified atom stereocenters. The number of rotatable bonds is 40. The van der Waals surface area contributed by atoms with Crippen LogP contribution in [0.2, 0.25) is 0 Å². The highest BCUT2D eigenvalue weighted by atomic mass is 31.2. The molecule has 0 amide bonds. The molecule has 0 radical (unpaired) electrons. The molecule has 53 heavy (non-hydrogen) atoms. The molecule has 0 aromatic heterocycles. The number of carbonyl (C=O) groups excluding carboxylic acids is 2. The predicted molar refractivity (Wildman–Crippen MR) is 213 cm³/mol. The first-order valence-electron chi connectivity index (χ1n) is 21.2. The van der Waals surface area contributed by atoms with Crippen LogP contribution in [-0.4, -0.2) is 59.9 Å². The number of carboxylic acid groups (broad SMARTS) is 1. The van der Waals surface area contributed by atoms with Gasteiger partial charge in [-0.1, -0.05) is 161 Å². The van der Waals surface area contributed by atoms with Gasteiger partial charge in [-0.3, -0.25) is 23.4 Å². The van der Waals surface area contributed by atoms with Gasteiger partial charge >= 0.3 is 25.7 Å². The SMILES string of the molecule is CCCCCCCCC/C=C\CCCCCCCC(=O)OC(COC(=O)CCCCCCCCCCCCCCC)COP(=O)(O)OCC(N)C(=O)O. The van der Waals surface area contributed by atoms with E-state index in [-0.39, 0.29) is 19.4 Å². The van der Waals surface area contributed by atoms with Crippen LogP contribution in [0.25, 0.3) is 0 Å².